The molecule has 0 bridgehead atoms. The average Bonchev–Trinajstić information content (AvgIpc) is 2.94. The normalized spacial score (nSPS) is 16.4. The largest absolute Gasteiger partial charge is 0.493 e. The number of hydrogen-bond acceptors (Lipinski definition) is 5. The molecule has 1 heterocycles. The first-order valence-electron chi connectivity index (χ1n) is 10.0. The van der Waals surface area contributed by atoms with Gasteiger partial charge in [0, 0.05) is 32.6 Å². The van der Waals surface area contributed by atoms with Crippen molar-refractivity contribution in [3.63, 3.8) is 0 Å². The molecule has 1 aliphatic heterocycles. The number of rotatable bonds is 8. The molecule has 0 unspecified atom stereocenters. The van der Waals surface area contributed by atoms with Gasteiger partial charge in [0.05, 0.1) is 26.9 Å². The van der Waals surface area contributed by atoms with E-state index in [9.17, 15) is 9.90 Å². The molecule has 29 heavy (non-hydrogen) atoms. The van der Waals surface area contributed by atoms with Crippen LogP contribution in [0.4, 0.5) is 0 Å². The van der Waals surface area contributed by atoms with Gasteiger partial charge in [-0.25, -0.2) is 0 Å². The number of aliphatic hydroxyl groups is 1. The van der Waals surface area contributed by atoms with Gasteiger partial charge < -0.3 is 19.5 Å². The molecule has 1 fully saturated rings. The second-order valence-electron chi connectivity index (χ2n) is 7.33. The van der Waals surface area contributed by atoms with E-state index in [-0.39, 0.29) is 18.6 Å². The first kappa shape index (κ1) is 21.1. The molecule has 0 aliphatic carbocycles. The number of aliphatic hydroxyl groups excluding tert-OH is 1. The Hall–Kier alpha value is -2.57. The van der Waals surface area contributed by atoms with Gasteiger partial charge in [-0.2, -0.15) is 0 Å². The van der Waals surface area contributed by atoms with Gasteiger partial charge in [0.2, 0.25) is 5.91 Å². The van der Waals surface area contributed by atoms with Gasteiger partial charge >= 0.3 is 0 Å². The van der Waals surface area contributed by atoms with E-state index in [1.54, 1.807) is 14.2 Å². The van der Waals surface area contributed by atoms with Crippen LogP contribution in [0.25, 0.3) is 0 Å². The molecule has 1 N–H and O–H groups in total. The molecule has 0 spiro atoms. The maximum Gasteiger partial charge on any atom is 0.224 e. The SMILES string of the molecule is COc1ccc(CN2CCC(=O)N([C@H](CO)Cc3ccccc3)CC2)cc1OC. The molecule has 6 nitrogen and oxygen atoms in total. The van der Waals surface area contributed by atoms with Crippen molar-refractivity contribution in [1.82, 2.24) is 9.80 Å². The zero-order valence-corrected chi connectivity index (χ0v) is 17.2. The Kier molecular flexibility index (Phi) is 7.49. The minimum Gasteiger partial charge on any atom is -0.493 e. The minimum absolute atomic E-state index is 0.0314. The number of methoxy groups -OCH3 is 2. The van der Waals surface area contributed by atoms with E-state index in [2.05, 4.69) is 4.90 Å². The van der Waals surface area contributed by atoms with Crippen molar-refractivity contribution in [3.8, 4) is 11.5 Å². The molecule has 2 aromatic carbocycles. The van der Waals surface area contributed by atoms with Crippen molar-refractivity contribution < 1.29 is 19.4 Å². The lowest BCUT2D eigenvalue weighted by Gasteiger charge is -2.30. The lowest BCUT2D eigenvalue weighted by Crippen LogP contribution is -2.44. The Labute approximate surface area is 172 Å². The number of hydrogen-bond donors (Lipinski definition) is 1. The van der Waals surface area contributed by atoms with E-state index < -0.39 is 0 Å². The standard InChI is InChI=1S/C23H30N2O4/c1-28-21-9-8-19(15-22(21)29-2)16-24-11-10-23(27)25(13-12-24)20(17-26)14-18-6-4-3-5-7-18/h3-9,15,20,26H,10-14,16-17H2,1-2H3/t20-/m0/s1. The van der Waals surface area contributed by atoms with Gasteiger partial charge in [0.15, 0.2) is 11.5 Å². The lowest BCUT2D eigenvalue weighted by atomic mass is 10.0. The van der Waals surface area contributed by atoms with Crippen LogP contribution in [-0.2, 0) is 17.8 Å². The van der Waals surface area contributed by atoms with E-state index in [4.69, 9.17) is 9.47 Å². The fourth-order valence-corrected chi connectivity index (χ4v) is 3.82. The van der Waals surface area contributed by atoms with Crippen LogP contribution in [0.1, 0.15) is 17.5 Å². The van der Waals surface area contributed by atoms with Crippen molar-refractivity contribution in [2.24, 2.45) is 0 Å². The topological polar surface area (TPSA) is 62.2 Å². The fraction of sp³-hybridized carbons (Fsp3) is 0.435. The Morgan fingerprint density at radius 3 is 2.41 bits per heavy atom. The Morgan fingerprint density at radius 1 is 0.966 bits per heavy atom. The number of nitrogens with zero attached hydrogens (tertiary/aromatic N) is 2. The molecule has 0 saturated carbocycles. The van der Waals surface area contributed by atoms with Crippen molar-refractivity contribution in [3.05, 3.63) is 59.7 Å². The smallest absolute Gasteiger partial charge is 0.224 e. The highest BCUT2D eigenvalue weighted by atomic mass is 16.5. The number of carbonyl (C=O) groups excluding carboxylic acids is 1. The van der Waals surface area contributed by atoms with Gasteiger partial charge in [-0.1, -0.05) is 36.4 Å². The summed E-state index contributed by atoms with van der Waals surface area (Å²) in [5.41, 5.74) is 2.25. The summed E-state index contributed by atoms with van der Waals surface area (Å²) in [5.74, 6) is 1.52. The van der Waals surface area contributed by atoms with Crippen LogP contribution < -0.4 is 9.47 Å². The number of ether oxygens (including phenoxy) is 2. The molecule has 2 aromatic rings. The van der Waals surface area contributed by atoms with Crippen LogP contribution in [0.3, 0.4) is 0 Å². The summed E-state index contributed by atoms with van der Waals surface area (Å²) < 4.78 is 10.7. The molecule has 1 saturated heterocycles. The van der Waals surface area contributed by atoms with Crippen molar-refractivity contribution in [2.45, 2.75) is 25.4 Å². The predicted molar refractivity (Wildman–Crippen MR) is 112 cm³/mol. The quantitative estimate of drug-likeness (QED) is 0.740. The van der Waals surface area contributed by atoms with Crippen LogP contribution in [0, 0.1) is 0 Å². The molecule has 3 rings (SSSR count). The molecule has 1 aliphatic rings. The van der Waals surface area contributed by atoms with E-state index in [1.807, 2.05) is 53.4 Å². The van der Waals surface area contributed by atoms with E-state index in [1.165, 1.54) is 0 Å². The molecule has 0 aromatic heterocycles. The van der Waals surface area contributed by atoms with Crippen LogP contribution in [0.2, 0.25) is 0 Å². The Bertz CT molecular complexity index is 797. The Balaban J connectivity index is 1.64. The van der Waals surface area contributed by atoms with E-state index >= 15 is 0 Å². The summed E-state index contributed by atoms with van der Waals surface area (Å²) in [6.45, 7) is 2.79. The number of benzene rings is 2. The molecule has 156 valence electrons. The molecule has 1 atom stereocenters. The first-order chi connectivity index (χ1) is 14.1. The maximum atomic E-state index is 12.7. The summed E-state index contributed by atoms with van der Waals surface area (Å²) >= 11 is 0. The number of carbonyl (C=O) groups is 1. The first-order valence-corrected chi connectivity index (χ1v) is 10.0. The average molecular weight is 399 g/mol. The minimum atomic E-state index is -0.189. The summed E-state index contributed by atoms with van der Waals surface area (Å²) in [6, 6.07) is 15.7. The van der Waals surface area contributed by atoms with E-state index in [0.717, 1.165) is 24.2 Å². The van der Waals surface area contributed by atoms with Gasteiger partial charge in [0.1, 0.15) is 0 Å². The van der Waals surface area contributed by atoms with Gasteiger partial charge in [-0.05, 0) is 29.7 Å². The number of amides is 1. The van der Waals surface area contributed by atoms with Gasteiger partial charge in [0.25, 0.3) is 0 Å². The maximum absolute atomic E-state index is 12.7. The van der Waals surface area contributed by atoms with Crippen molar-refractivity contribution >= 4 is 5.91 Å². The highest BCUT2D eigenvalue weighted by Gasteiger charge is 2.27. The Morgan fingerprint density at radius 2 is 1.72 bits per heavy atom. The van der Waals surface area contributed by atoms with Gasteiger partial charge in [-0.3, -0.25) is 9.69 Å². The third kappa shape index (κ3) is 5.49. The molecule has 0 radical (unpaired) electrons. The van der Waals surface area contributed by atoms with Crippen LogP contribution in [0.5, 0.6) is 11.5 Å². The third-order valence-corrected chi connectivity index (χ3v) is 5.44. The monoisotopic (exact) mass is 398 g/mol. The zero-order chi connectivity index (χ0) is 20.6. The summed E-state index contributed by atoms with van der Waals surface area (Å²) in [4.78, 5) is 16.9. The second kappa shape index (κ2) is 10.3. The molecular weight excluding hydrogens is 368 g/mol. The highest BCUT2D eigenvalue weighted by Crippen LogP contribution is 2.28. The molecule has 1 amide bonds. The van der Waals surface area contributed by atoms with Crippen molar-refractivity contribution in [2.75, 3.05) is 40.5 Å². The molecule has 6 heteroatoms. The fourth-order valence-electron chi connectivity index (χ4n) is 3.82. The summed E-state index contributed by atoms with van der Waals surface area (Å²) in [7, 11) is 3.26. The lowest BCUT2D eigenvalue weighted by molar-refractivity contribution is -0.133. The third-order valence-electron chi connectivity index (χ3n) is 5.44. The van der Waals surface area contributed by atoms with Crippen molar-refractivity contribution in [1.29, 1.82) is 0 Å². The van der Waals surface area contributed by atoms with E-state index in [0.29, 0.717) is 37.4 Å². The molecular formula is C23H30N2O4. The van der Waals surface area contributed by atoms with Gasteiger partial charge in [-0.15, -0.1) is 0 Å². The zero-order valence-electron chi connectivity index (χ0n) is 17.2. The van der Waals surface area contributed by atoms with Crippen LogP contribution >= 0.6 is 0 Å². The second-order valence-corrected chi connectivity index (χ2v) is 7.33. The highest BCUT2D eigenvalue weighted by molar-refractivity contribution is 5.77. The summed E-state index contributed by atoms with van der Waals surface area (Å²) in [5, 5.41) is 9.92. The predicted octanol–water partition coefficient (Wildman–Crippen LogP) is 2.34. The summed E-state index contributed by atoms with van der Waals surface area (Å²) in [6.07, 6.45) is 1.12. The van der Waals surface area contributed by atoms with Crippen LogP contribution in [0.15, 0.2) is 48.5 Å². The van der Waals surface area contributed by atoms with Crippen LogP contribution in [-0.4, -0.2) is 67.3 Å².